The zero-order chi connectivity index (χ0) is 14.1. The molecule has 2 nitrogen and oxygen atoms in total. The highest BCUT2D eigenvalue weighted by atomic mass is 79.9. The largest absolute Gasteiger partial charge is 0.334 e. The van der Waals surface area contributed by atoms with Crippen molar-refractivity contribution in [1.29, 1.82) is 0 Å². The Morgan fingerprint density at radius 1 is 1.10 bits per heavy atom. The normalized spacial score (nSPS) is 14.0. The highest BCUT2D eigenvalue weighted by molar-refractivity contribution is 9.10. The van der Waals surface area contributed by atoms with Crippen molar-refractivity contribution < 1.29 is 4.79 Å². The number of carbonyl (C=O) groups excluding carboxylic acids is 1. The van der Waals surface area contributed by atoms with Crippen LogP contribution in [0.3, 0.4) is 0 Å². The van der Waals surface area contributed by atoms with Crippen LogP contribution in [0.25, 0.3) is 0 Å². The molecule has 2 aromatic rings. The van der Waals surface area contributed by atoms with Crippen LogP contribution in [0.15, 0.2) is 46.9 Å². The third-order valence-corrected chi connectivity index (χ3v) is 4.19. The van der Waals surface area contributed by atoms with Gasteiger partial charge in [0, 0.05) is 23.1 Å². The summed E-state index contributed by atoms with van der Waals surface area (Å²) in [5, 5.41) is 0. The number of halogens is 1. The van der Waals surface area contributed by atoms with Crippen molar-refractivity contribution in [3.63, 3.8) is 0 Å². The molecule has 101 valence electrons. The number of rotatable bonds is 1. The summed E-state index contributed by atoms with van der Waals surface area (Å²) in [6.07, 6.45) is 0.904. The van der Waals surface area contributed by atoms with Gasteiger partial charge in [-0.25, -0.2) is 0 Å². The third-order valence-electron chi connectivity index (χ3n) is 3.66. The zero-order valence-corrected chi connectivity index (χ0v) is 12.7. The first kappa shape index (κ1) is 13.4. The van der Waals surface area contributed by atoms with Crippen LogP contribution in [-0.4, -0.2) is 17.4 Å². The molecule has 3 heteroatoms. The number of amides is 1. The minimum absolute atomic E-state index is 0.0989. The van der Waals surface area contributed by atoms with Crippen molar-refractivity contribution in [2.75, 3.05) is 6.54 Å². The molecule has 0 bridgehead atoms. The summed E-state index contributed by atoms with van der Waals surface area (Å²) in [6.45, 7) is 5.41. The Morgan fingerprint density at radius 3 is 2.60 bits per heavy atom. The average Bonchev–Trinajstić information content (AvgIpc) is 2.47. The third kappa shape index (κ3) is 2.63. The van der Waals surface area contributed by atoms with E-state index in [4.69, 9.17) is 0 Å². The lowest BCUT2D eigenvalue weighted by molar-refractivity contribution is 0.0734. The van der Waals surface area contributed by atoms with Crippen LogP contribution < -0.4 is 0 Å². The standard InChI is InChI=1S/C17H15BrNO/c1-12-2-3-15-11-19(9-8-14(15)10-12)17(20)13-4-6-16(18)7-5-13/h2-7,10H,1,8-9,11H2. The number of hydrogen-bond donors (Lipinski definition) is 0. The quantitative estimate of drug-likeness (QED) is 0.779. The second-order valence-corrected chi connectivity index (χ2v) is 6.00. The summed E-state index contributed by atoms with van der Waals surface area (Å²) >= 11 is 3.39. The van der Waals surface area contributed by atoms with Crippen molar-refractivity contribution in [3.8, 4) is 0 Å². The predicted molar refractivity (Wildman–Crippen MR) is 83.5 cm³/mol. The van der Waals surface area contributed by atoms with Crippen molar-refractivity contribution >= 4 is 21.8 Å². The molecule has 1 amide bonds. The molecule has 1 aliphatic rings. The fraction of sp³-hybridized carbons (Fsp3) is 0.176. The van der Waals surface area contributed by atoms with Crippen LogP contribution in [0.5, 0.6) is 0 Å². The summed E-state index contributed by atoms with van der Waals surface area (Å²) in [4.78, 5) is 14.4. The molecule has 0 aromatic heterocycles. The molecule has 0 saturated heterocycles. The van der Waals surface area contributed by atoms with Gasteiger partial charge < -0.3 is 4.90 Å². The predicted octanol–water partition coefficient (Wildman–Crippen LogP) is 3.83. The molecule has 0 atom stereocenters. The molecular weight excluding hydrogens is 314 g/mol. The number of nitrogens with zero attached hydrogens (tertiary/aromatic N) is 1. The molecule has 0 fully saturated rings. The first-order chi connectivity index (χ1) is 9.63. The number of benzene rings is 2. The Balaban J connectivity index is 1.81. The van der Waals surface area contributed by atoms with Crippen LogP contribution in [0, 0.1) is 6.92 Å². The molecule has 20 heavy (non-hydrogen) atoms. The highest BCUT2D eigenvalue weighted by Gasteiger charge is 2.21. The summed E-state index contributed by atoms with van der Waals surface area (Å²) in [5.74, 6) is 0.0989. The molecule has 0 N–H and O–H groups in total. The zero-order valence-electron chi connectivity index (χ0n) is 11.1. The van der Waals surface area contributed by atoms with Gasteiger partial charge in [-0.1, -0.05) is 34.1 Å². The van der Waals surface area contributed by atoms with Crippen molar-refractivity contribution in [2.24, 2.45) is 0 Å². The van der Waals surface area contributed by atoms with E-state index in [1.165, 1.54) is 11.1 Å². The molecule has 1 radical (unpaired) electrons. The van der Waals surface area contributed by atoms with Gasteiger partial charge in [0.2, 0.25) is 0 Å². The van der Waals surface area contributed by atoms with E-state index in [0.717, 1.165) is 28.6 Å². The van der Waals surface area contributed by atoms with Gasteiger partial charge in [-0.05, 0) is 54.3 Å². The fourth-order valence-electron chi connectivity index (χ4n) is 2.55. The Morgan fingerprint density at radius 2 is 1.85 bits per heavy atom. The van der Waals surface area contributed by atoms with Crippen LogP contribution >= 0.6 is 15.9 Å². The Hall–Kier alpha value is -1.61. The van der Waals surface area contributed by atoms with Gasteiger partial charge in [0.25, 0.3) is 5.91 Å². The highest BCUT2D eigenvalue weighted by Crippen LogP contribution is 2.22. The van der Waals surface area contributed by atoms with Gasteiger partial charge >= 0.3 is 0 Å². The van der Waals surface area contributed by atoms with E-state index in [2.05, 4.69) is 35.0 Å². The fourth-order valence-corrected chi connectivity index (χ4v) is 2.82. The van der Waals surface area contributed by atoms with Gasteiger partial charge in [-0.2, -0.15) is 0 Å². The molecule has 2 aromatic carbocycles. The summed E-state index contributed by atoms with van der Waals surface area (Å²) in [7, 11) is 0. The molecule has 0 spiro atoms. The van der Waals surface area contributed by atoms with E-state index in [-0.39, 0.29) is 5.91 Å². The molecule has 1 aliphatic heterocycles. The number of hydrogen-bond acceptors (Lipinski definition) is 1. The molecule has 0 unspecified atom stereocenters. The van der Waals surface area contributed by atoms with E-state index in [1.807, 2.05) is 35.2 Å². The average molecular weight is 329 g/mol. The Labute approximate surface area is 127 Å². The van der Waals surface area contributed by atoms with E-state index in [9.17, 15) is 4.79 Å². The van der Waals surface area contributed by atoms with Crippen molar-refractivity contribution in [1.82, 2.24) is 4.90 Å². The van der Waals surface area contributed by atoms with Gasteiger partial charge in [-0.3, -0.25) is 4.79 Å². The number of carbonyl (C=O) groups is 1. The molecule has 0 aliphatic carbocycles. The molecular formula is C17H15BrNO. The van der Waals surface area contributed by atoms with Crippen molar-refractivity contribution in [3.05, 3.63) is 76.1 Å². The minimum atomic E-state index is 0.0989. The van der Waals surface area contributed by atoms with Crippen LogP contribution in [0.1, 0.15) is 27.0 Å². The lowest BCUT2D eigenvalue weighted by atomic mass is 9.97. The van der Waals surface area contributed by atoms with Crippen LogP contribution in [-0.2, 0) is 13.0 Å². The Kier molecular flexibility index (Phi) is 3.62. The molecule has 3 rings (SSSR count). The monoisotopic (exact) mass is 328 g/mol. The van der Waals surface area contributed by atoms with Gasteiger partial charge in [-0.15, -0.1) is 0 Å². The van der Waals surface area contributed by atoms with Gasteiger partial charge in [0.05, 0.1) is 0 Å². The first-order valence-corrected chi connectivity index (χ1v) is 7.41. The smallest absolute Gasteiger partial charge is 0.254 e. The second kappa shape index (κ2) is 5.41. The van der Waals surface area contributed by atoms with E-state index >= 15 is 0 Å². The van der Waals surface area contributed by atoms with E-state index in [0.29, 0.717) is 6.54 Å². The lowest BCUT2D eigenvalue weighted by Gasteiger charge is -2.29. The van der Waals surface area contributed by atoms with E-state index in [1.54, 1.807) is 0 Å². The summed E-state index contributed by atoms with van der Waals surface area (Å²) < 4.78 is 0.987. The van der Waals surface area contributed by atoms with E-state index < -0.39 is 0 Å². The van der Waals surface area contributed by atoms with Crippen LogP contribution in [0.4, 0.5) is 0 Å². The maximum atomic E-state index is 12.5. The maximum Gasteiger partial charge on any atom is 0.254 e. The van der Waals surface area contributed by atoms with Gasteiger partial charge in [0.15, 0.2) is 0 Å². The minimum Gasteiger partial charge on any atom is -0.334 e. The molecule has 1 heterocycles. The van der Waals surface area contributed by atoms with Crippen LogP contribution in [0.2, 0.25) is 0 Å². The second-order valence-electron chi connectivity index (χ2n) is 5.09. The first-order valence-electron chi connectivity index (χ1n) is 6.62. The maximum absolute atomic E-state index is 12.5. The topological polar surface area (TPSA) is 20.3 Å². The lowest BCUT2D eigenvalue weighted by Crippen LogP contribution is -2.35. The number of fused-ring (bicyclic) bond motifs is 1. The SMILES string of the molecule is [CH2]c1ccc2c(c1)CCN(C(=O)c1ccc(Br)cc1)C2. The Bertz CT molecular complexity index is 649. The summed E-state index contributed by atoms with van der Waals surface area (Å²) in [6, 6.07) is 13.7. The molecule has 0 saturated carbocycles. The van der Waals surface area contributed by atoms with Crippen molar-refractivity contribution in [2.45, 2.75) is 13.0 Å². The summed E-state index contributed by atoms with van der Waals surface area (Å²) in [5.41, 5.74) is 4.33. The van der Waals surface area contributed by atoms with Gasteiger partial charge in [0.1, 0.15) is 0 Å².